The number of carbonyl (C=O) groups excluding carboxylic acids is 1. The summed E-state index contributed by atoms with van der Waals surface area (Å²) in [5.74, 6) is -0.426. The molecule has 0 aliphatic rings. The predicted molar refractivity (Wildman–Crippen MR) is 90.7 cm³/mol. The van der Waals surface area contributed by atoms with Gasteiger partial charge in [-0.05, 0) is 30.6 Å². The van der Waals surface area contributed by atoms with Crippen LogP contribution < -0.4 is 10.7 Å². The third kappa shape index (κ3) is 3.07. The Balaban J connectivity index is 0.000000847. The van der Waals surface area contributed by atoms with E-state index in [9.17, 15) is 9.59 Å². The first-order valence-corrected chi connectivity index (χ1v) is 7.78. The molecule has 6 heteroatoms. The number of benzene rings is 1. The highest BCUT2D eigenvalue weighted by atomic mass is 32.1. The van der Waals surface area contributed by atoms with E-state index in [1.54, 1.807) is 19.1 Å². The van der Waals surface area contributed by atoms with Crippen LogP contribution in [-0.2, 0) is 0 Å². The maximum atomic E-state index is 12.3. The number of aromatic amines is 1. The standard InChI is InChI=1S/C14H11N3O2S.C2H6/c1-8-11-12(18)10(7-15-14(11)20-17-8)13(19)16-9-5-3-2-4-6-9;1-2/h2-7H,1H3,(H,15,18)(H,16,19);1-2H3. The van der Waals surface area contributed by atoms with Crippen molar-refractivity contribution in [1.29, 1.82) is 0 Å². The van der Waals surface area contributed by atoms with Crippen LogP contribution in [0, 0.1) is 6.92 Å². The number of rotatable bonds is 2. The highest BCUT2D eigenvalue weighted by Gasteiger charge is 2.16. The van der Waals surface area contributed by atoms with E-state index in [0.29, 0.717) is 21.6 Å². The van der Waals surface area contributed by atoms with Gasteiger partial charge < -0.3 is 10.3 Å². The van der Waals surface area contributed by atoms with Crippen molar-refractivity contribution < 1.29 is 4.79 Å². The summed E-state index contributed by atoms with van der Waals surface area (Å²) >= 11 is 1.22. The van der Waals surface area contributed by atoms with Crippen LogP contribution in [0.4, 0.5) is 5.69 Å². The lowest BCUT2D eigenvalue weighted by atomic mass is 10.2. The van der Waals surface area contributed by atoms with Gasteiger partial charge in [-0.15, -0.1) is 0 Å². The quantitative estimate of drug-likeness (QED) is 0.759. The summed E-state index contributed by atoms with van der Waals surface area (Å²) in [5.41, 5.74) is 1.08. The number of para-hydroxylation sites is 1. The molecule has 3 rings (SSSR count). The van der Waals surface area contributed by atoms with Gasteiger partial charge in [0.2, 0.25) is 5.43 Å². The van der Waals surface area contributed by atoms with E-state index >= 15 is 0 Å². The van der Waals surface area contributed by atoms with Gasteiger partial charge in [0, 0.05) is 11.9 Å². The molecule has 0 bridgehead atoms. The van der Waals surface area contributed by atoms with Crippen molar-refractivity contribution in [3.05, 3.63) is 58.0 Å². The number of aromatic nitrogens is 2. The molecule has 0 atom stereocenters. The molecule has 0 aliphatic heterocycles. The third-order valence-corrected chi connectivity index (χ3v) is 3.83. The van der Waals surface area contributed by atoms with E-state index in [1.165, 1.54) is 17.7 Å². The van der Waals surface area contributed by atoms with Crippen LogP contribution in [0.5, 0.6) is 0 Å². The van der Waals surface area contributed by atoms with Gasteiger partial charge in [-0.3, -0.25) is 9.59 Å². The van der Waals surface area contributed by atoms with Crippen molar-refractivity contribution in [3.63, 3.8) is 0 Å². The lowest BCUT2D eigenvalue weighted by Gasteiger charge is -2.04. The maximum absolute atomic E-state index is 12.3. The van der Waals surface area contributed by atoms with Crippen molar-refractivity contribution in [2.45, 2.75) is 20.8 Å². The first-order valence-electron chi connectivity index (χ1n) is 7.01. The summed E-state index contributed by atoms with van der Waals surface area (Å²) in [4.78, 5) is 28.1. The molecule has 114 valence electrons. The van der Waals surface area contributed by atoms with E-state index < -0.39 is 5.91 Å². The van der Waals surface area contributed by atoms with Crippen LogP contribution in [0.1, 0.15) is 29.9 Å². The number of nitrogens with one attached hydrogen (secondary N) is 2. The van der Waals surface area contributed by atoms with Crippen molar-refractivity contribution in [3.8, 4) is 0 Å². The number of carbonyl (C=O) groups is 1. The molecular weight excluding hydrogens is 298 g/mol. The molecule has 0 radical (unpaired) electrons. The number of pyridine rings is 1. The Labute approximate surface area is 132 Å². The Morgan fingerprint density at radius 3 is 2.59 bits per heavy atom. The van der Waals surface area contributed by atoms with Crippen LogP contribution >= 0.6 is 11.5 Å². The van der Waals surface area contributed by atoms with Crippen molar-refractivity contribution in [2.24, 2.45) is 0 Å². The van der Waals surface area contributed by atoms with Gasteiger partial charge in [-0.2, -0.15) is 4.37 Å². The number of amides is 1. The molecule has 0 saturated carbocycles. The average molecular weight is 315 g/mol. The minimum absolute atomic E-state index is 0.0876. The van der Waals surface area contributed by atoms with Gasteiger partial charge in [0.1, 0.15) is 10.4 Å². The topological polar surface area (TPSA) is 74.8 Å². The molecule has 0 saturated heterocycles. The fourth-order valence-electron chi connectivity index (χ4n) is 1.96. The summed E-state index contributed by atoms with van der Waals surface area (Å²) in [6.45, 7) is 5.76. The van der Waals surface area contributed by atoms with Crippen LogP contribution in [0.15, 0.2) is 41.3 Å². The summed E-state index contributed by atoms with van der Waals surface area (Å²) in [6.07, 6.45) is 1.43. The van der Waals surface area contributed by atoms with Gasteiger partial charge in [-0.1, -0.05) is 32.0 Å². The Bertz CT molecular complexity index is 837. The second-order valence-electron chi connectivity index (χ2n) is 4.32. The number of fused-ring (bicyclic) bond motifs is 1. The highest BCUT2D eigenvalue weighted by molar-refractivity contribution is 7.12. The molecule has 2 N–H and O–H groups in total. The first kappa shape index (κ1) is 15.9. The number of anilines is 1. The second-order valence-corrected chi connectivity index (χ2v) is 5.10. The average Bonchev–Trinajstić information content (AvgIpc) is 2.92. The van der Waals surface area contributed by atoms with E-state index in [1.807, 2.05) is 32.0 Å². The number of hydrogen-bond acceptors (Lipinski definition) is 4. The SMILES string of the molecule is CC.Cc1nsc2[nH]cc(C(=O)Nc3ccccc3)c(=O)c12. The molecule has 0 aliphatic carbocycles. The van der Waals surface area contributed by atoms with Crippen LogP contribution in [0.3, 0.4) is 0 Å². The van der Waals surface area contributed by atoms with Crippen molar-refractivity contribution in [2.75, 3.05) is 5.32 Å². The lowest BCUT2D eigenvalue weighted by Crippen LogP contribution is -2.21. The number of hydrogen-bond donors (Lipinski definition) is 2. The minimum atomic E-state index is -0.426. The largest absolute Gasteiger partial charge is 0.351 e. The van der Waals surface area contributed by atoms with Gasteiger partial charge in [0.05, 0.1) is 11.1 Å². The number of H-pyrrole nitrogens is 1. The molecule has 0 unspecified atom stereocenters. The summed E-state index contributed by atoms with van der Waals surface area (Å²) in [6, 6.07) is 9.02. The van der Waals surface area contributed by atoms with Gasteiger partial charge in [-0.25, -0.2) is 0 Å². The maximum Gasteiger partial charge on any atom is 0.261 e. The van der Waals surface area contributed by atoms with Crippen molar-refractivity contribution >= 4 is 33.3 Å². The van der Waals surface area contributed by atoms with E-state index in [4.69, 9.17) is 0 Å². The number of nitrogens with zero attached hydrogens (tertiary/aromatic N) is 1. The first-order chi connectivity index (χ1) is 10.7. The summed E-state index contributed by atoms with van der Waals surface area (Å²) in [5, 5.41) is 3.18. The molecule has 3 aromatic rings. The highest BCUT2D eigenvalue weighted by Crippen LogP contribution is 2.17. The second kappa shape index (κ2) is 7.00. The Hall–Kier alpha value is -2.47. The minimum Gasteiger partial charge on any atom is -0.351 e. The molecule has 22 heavy (non-hydrogen) atoms. The zero-order valence-electron chi connectivity index (χ0n) is 12.6. The molecule has 2 aromatic heterocycles. The zero-order chi connectivity index (χ0) is 16.1. The normalized spacial score (nSPS) is 9.95. The monoisotopic (exact) mass is 315 g/mol. The zero-order valence-corrected chi connectivity index (χ0v) is 13.5. The molecule has 5 nitrogen and oxygen atoms in total. The van der Waals surface area contributed by atoms with Crippen molar-refractivity contribution in [1.82, 2.24) is 9.36 Å². The van der Waals surface area contributed by atoms with Crippen LogP contribution in [0.2, 0.25) is 0 Å². The molecule has 1 aromatic carbocycles. The Morgan fingerprint density at radius 1 is 1.23 bits per heavy atom. The Morgan fingerprint density at radius 2 is 1.91 bits per heavy atom. The fourth-order valence-corrected chi connectivity index (χ4v) is 2.72. The predicted octanol–water partition coefficient (Wildman–Crippen LogP) is 3.57. The summed E-state index contributed by atoms with van der Waals surface area (Å²) < 4.78 is 4.12. The van der Waals surface area contributed by atoms with E-state index in [-0.39, 0.29) is 11.0 Å². The van der Waals surface area contributed by atoms with E-state index in [2.05, 4.69) is 14.7 Å². The van der Waals surface area contributed by atoms with Crippen LogP contribution in [-0.4, -0.2) is 15.3 Å². The Kier molecular flexibility index (Phi) is 5.06. The third-order valence-electron chi connectivity index (χ3n) is 2.96. The van der Waals surface area contributed by atoms with E-state index in [0.717, 1.165) is 0 Å². The fraction of sp³-hybridized carbons (Fsp3) is 0.188. The van der Waals surface area contributed by atoms with Gasteiger partial charge >= 0.3 is 0 Å². The molecule has 1 amide bonds. The molecule has 0 fully saturated rings. The smallest absolute Gasteiger partial charge is 0.261 e. The lowest BCUT2D eigenvalue weighted by molar-refractivity contribution is 0.102. The molecule has 2 heterocycles. The summed E-state index contributed by atoms with van der Waals surface area (Å²) in [7, 11) is 0. The number of aryl methyl sites for hydroxylation is 1. The van der Waals surface area contributed by atoms with Crippen LogP contribution in [0.25, 0.3) is 10.2 Å². The van der Waals surface area contributed by atoms with Gasteiger partial charge in [0.15, 0.2) is 0 Å². The molecule has 0 spiro atoms. The van der Waals surface area contributed by atoms with Gasteiger partial charge in [0.25, 0.3) is 5.91 Å². The molecular formula is C16H17N3O2S.